The van der Waals surface area contributed by atoms with E-state index < -0.39 is 0 Å². The molecule has 78 valence electrons. The van der Waals surface area contributed by atoms with Gasteiger partial charge in [-0.25, -0.2) is 4.98 Å². The summed E-state index contributed by atoms with van der Waals surface area (Å²) >= 11 is 0. The van der Waals surface area contributed by atoms with E-state index in [-0.39, 0.29) is 6.10 Å². The number of hydrogen-bond donors (Lipinski definition) is 1. The smallest absolute Gasteiger partial charge is 0.126 e. The van der Waals surface area contributed by atoms with Crippen molar-refractivity contribution in [2.24, 2.45) is 5.92 Å². The number of nitrogens with zero attached hydrogens (tertiary/aromatic N) is 1. The lowest BCUT2D eigenvalue weighted by atomic mass is 10.1. The number of rotatable bonds is 4. The second kappa shape index (κ2) is 4.84. The fourth-order valence-corrected chi connectivity index (χ4v) is 1.45. The summed E-state index contributed by atoms with van der Waals surface area (Å²) in [6, 6.07) is 3.57. The van der Waals surface area contributed by atoms with E-state index in [2.05, 4.69) is 25.8 Å². The summed E-state index contributed by atoms with van der Waals surface area (Å²) in [6.45, 7) is 6.43. The molecular formula is C11H18N2O. The summed E-state index contributed by atoms with van der Waals surface area (Å²) in [5.74, 6) is 1.94. The van der Waals surface area contributed by atoms with Crippen LogP contribution in [0, 0.1) is 5.92 Å². The number of hydrogen-bond acceptors (Lipinski definition) is 3. The molecule has 2 N–H and O–H groups in total. The molecule has 0 amide bonds. The average Bonchev–Trinajstić information content (AvgIpc) is 2.01. The molecule has 0 fully saturated rings. The third-order valence-electron chi connectivity index (χ3n) is 1.89. The van der Waals surface area contributed by atoms with E-state index in [1.807, 2.05) is 6.07 Å². The first-order chi connectivity index (χ1) is 6.58. The van der Waals surface area contributed by atoms with Gasteiger partial charge in [-0.15, -0.1) is 0 Å². The topological polar surface area (TPSA) is 48.1 Å². The van der Waals surface area contributed by atoms with Crippen molar-refractivity contribution < 1.29 is 4.74 Å². The van der Waals surface area contributed by atoms with E-state index in [0.717, 1.165) is 12.2 Å². The van der Waals surface area contributed by atoms with E-state index in [0.29, 0.717) is 11.7 Å². The molecule has 0 bridgehead atoms. The van der Waals surface area contributed by atoms with Crippen LogP contribution in [0.1, 0.15) is 27.2 Å². The Bertz CT molecular complexity index is 286. The summed E-state index contributed by atoms with van der Waals surface area (Å²) in [5, 5.41) is 0. The molecule has 14 heavy (non-hydrogen) atoms. The molecule has 0 spiro atoms. The van der Waals surface area contributed by atoms with Gasteiger partial charge in [0.1, 0.15) is 11.6 Å². The zero-order chi connectivity index (χ0) is 10.6. The van der Waals surface area contributed by atoms with Crippen molar-refractivity contribution in [1.29, 1.82) is 0 Å². The molecule has 3 heteroatoms. The van der Waals surface area contributed by atoms with Crippen LogP contribution in [0.2, 0.25) is 0 Å². The number of nitrogens with two attached hydrogens (primary N) is 1. The minimum Gasteiger partial charge on any atom is -0.491 e. The Morgan fingerprint density at radius 2 is 2.14 bits per heavy atom. The van der Waals surface area contributed by atoms with E-state index >= 15 is 0 Å². The van der Waals surface area contributed by atoms with Crippen LogP contribution < -0.4 is 10.5 Å². The van der Waals surface area contributed by atoms with Gasteiger partial charge in [-0.1, -0.05) is 13.8 Å². The Hall–Kier alpha value is -1.25. The van der Waals surface area contributed by atoms with Gasteiger partial charge < -0.3 is 10.5 Å². The molecule has 1 aromatic heterocycles. The molecule has 3 nitrogen and oxygen atoms in total. The number of pyridine rings is 1. The lowest BCUT2D eigenvalue weighted by Crippen LogP contribution is -2.14. The van der Waals surface area contributed by atoms with Crippen molar-refractivity contribution in [1.82, 2.24) is 4.98 Å². The molecule has 1 unspecified atom stereocenters. The molecule has 0 aliphatic carbocycles. The van der Waals surface area contributed by atoms with E-state index in [1.165, 1.54) is 0 Å². The Labute approximate surface area is 85.3 Å². The largest absolute Gasteiger partial charge is 0.491 e. The molecule has 1 heterocycles. The molecule has 0 aromatic carbocycles. The molecule has 0 saturated carbocycles. The Kier molecular flexibility index (Phi) is 3.74. The second-order valence-corrected chi connectivity index (χ2v) is 3.97. The van der Waals surface area contributed by atoms with Gasteiger partial charge in [-0.3, -0.25) is 0 Å². The van der Waals surface area contributed by atoms with Crippen molar-refractivity contribution in [3.63, 3.8) is 0 Å². The highest BCUT2D eigenvalue weighted by molar-refractivity contribution is 5.35. The van der Waals surface area contributed by atoms with Crippen LogP contribution in [0.5, 0.6) is 5.75 Å². The van der Waals surface area contributed by atoms with Gasteiger partial charge in [0.2, 0.25) is 0 Å². The molecule has 0 radical (unpaired) electrons. The maximum absolute atomic E-state index is 5.69. The summed E-state index contributed by atoms with van der Waals surface area (Å²) in [6.07, 6.45) is 2.92. The highest BCUT2D eigenvalue weighted by Crippen LogP contribution is 2.16. The van der Waals surface area contributed by atoms with Crippen LogP contribution in [0.25, 0.3) is 0 Å². The van der Waals surface area contributed by atoms with E-state index in [1.54, 1.807) is 12.3 Å². The SMILES string of the molecule is CC(C)CC(C)Oc1ccnc(N)c1. The average molecular weight is 194 g/mol. The minimum absolute atomic E-state index is 0.219. The number of ether oxygens (including phenoxy) is 1. The monoisotopic (exact) mass is 194 g/mol. The van der Waals surface area contributed by atoms with Gasteiger partial charge in [-0.05, 0) is 25.3 Å². The fraction of sp³-hybridized carbons (Fsp3) is 0.545. The van der Waals surface area contributed by atoms with Gasteiger partial charge in [-0.2, -0.15) is 0 Å². The zero-order valence-electron chi connectivity index (χ0n) is 9.03. The summed E-state index contributed by atoms with van der Waals surface area (Å²) in [4.78, 5) is 3.91. The van der Waals surface area contributed by atoms with Crippen molar-refractivity contribution in [2.75, 3.05) is 5.73 Å². The normalized spacial score (nSPS) is 12.9. The van der Waals surface area contributed by atoms with Crippen molar-refractivity contribution in [3.8, 4) is 5.75 Å². The first-order valence-corrected chi connectivity index (χ1v) is 4.96. The summed E-state index contributed by atoms with van der Waals surface area (Å²) in [5.41, 5.74) is 5.54. The van der Waals surface area contributed by atoms with Crippen LogP contribution >= 0.6 is 0 Å². The molecule has 0 saturated heterocycles. The molecular weight excluding hydrogens is 176 g/mol. The molecule has 0 aliphatic rings. The van der Waals surface area contributed by atoms with Gasteiger partial charge in [0.25, 0.3) is 0 Å². The second-order valence-electron chi connectivity index (χ2n) is 3.97. The van der Waals surface area contributed by atoms with Crippen LogP contribution in [0.3, 0.4) is 0 Å². The third-order valence-corrected chi connectivity index (χ3v) is 1.89. The Morgan fingerprint density at radius 1 is 1.43 bits per heavy atom. The van der Waals surface area contributed by atoms with Crippen molar-refractivity contribution >= 4 is 5.82 Å². The van der Waals surface area contributed by atoms with E-state index in [4.69, 9.17) is 10.5 Å². The highest BCUT2D eigenvalue weighted by Gasteiger charge is 2.06. The number of aromatic nitrogens is 1. The fourth-order valence-electron chi connectivity index (χ4n) is 1.45. The van der Waals surface area contributed by atoms with Gasteiger partial charge >= 0.3 is 0 Å². The maximum atomic E-state index is 5.69. The molecule has 0 aliphatic heterocycles. The Morgan fingerprint density at radius 3 is 2.71 bits per heavy atom. The van der Waals surface area contributed by atoms with Crippen molar-refractivity contribution in [2.45, 2.75) is 33.3 Å². The van der Waals surface area contributed by atoms with Gasteiger partial charge in [0.15, 0.2) is 0 Å². The molecule has 1 rings (SSSR count). The van der Waals surface area contributed by atoms with E-state index in [9.17, 15) is 0 Å². The maximum Gasteiger partial charge on any atom is 0.126 e. The number of anilines is 1. The Balaban J connectivity index is 2.51. The minimum atomic E-state index is 0.219. The predicted octanol–water partition coefficient (Wildman–Crippen LogP) is 2.48. The van der Waals surface area contributed by atoms with Crippen LogP contribution in [-0.4, -0.2) is 11.1 Å². The highest BCUT2D eigenvalue weighted by atomic mass is 16.5. The van der Waals surface area contributed by atoms with Crippen molar-refractivity contribution in [3.05, 3.63) is 18.3 Å². The first kappa shape index (κ1) is 10.8. The quantitative estimate of drug-likeness (QED) is 0.801. The molecule has 1 atom stereocenters. The van der Waals surface area contributed by atoms with Crippen LogP contribution in [-0.2, 0) is 0 Å². The number of nitrogen functional groups attached to an aromatic ring is 1. The summed E-state index contributed by atoms with van der Waals surface area (Å²) < 4.78 is 5.69. The predicted molar refractivity (Wildman–Crippen MR) is 58.2 cm³/mol. The lowest BCUT2D eigenvalue weighted by molar-refractivity contribution is 0.193. The van der Waals surface area contributed by atoms with Gasteiger partial charge in [0.05, 0.1) is 6.10 Å². The van der Waals surface area contributed by atoms with Crippen LogP contribution in [0.4, 0.5) is 5.82 Å². The van der Waals surface area contributed by atoms with Gasteiger partial charge in [0, 0.05) is 12.3 Å². The third kappa shape index (κ3) is 3.64. The lowest BCUT2D eigenvalue weighted by Gasteiger charge is -2.16. The first-order valence-electron chi connectivity index (χ1n) is 4.96. The standard InChI is InChI=1S/C11H18N2O/c1-8(2)6-9(3)14-10-4-5-13-11(12)7-10/h4-5,7-9H,6H2,1-3H3,(H2,12,13). The molecule has 1 aromatic rings. The zero-order valence-corrected chi connectivity index (χ0v) is 9.03. The summed E-state index contributed by atoms with van der Waals surface area (Å²) in [7, 11) is 0. The van der Waals surface area contributed by atoms with Crippen LogP contribution in [0.15, 0.2) is 18.3 Å².